The molecule has 0 aliphatic heterocycles. The van der Waals surface area contributed by atoms with Crippen molar-refractivity contribution in [2.45, 2.75) is 124 Å². The van der Waals surface area contributed by atoms with E-state index in [1.54, 1.807) is 6.08 Å². The molecule has 0 unspecified atom stereocenters. The van der Waals surface area contributed by atoms with Crippen LogP contribution in [0.3, 0.4) is 0 Å². The second-order valence-corrected chi connectivity index (χ2v) is 10.4. The largest absolute Gasteiger partial charge is 0.490 e. The van der Waals surface area contributed by atoms with Crippen LogP contribution in [0.4, 0.5) is 0 Å². The van der Waals surface area contributed by atoms with Crippen LogP contribution < -0.4 is 14.2 Å². The Morgan fingerprint density at radius 1 is 0.694 bits per heavy atom. The standard InChI is InChI=1S/C31H52O5/c1-7-10-13-16-23-33-27-21-19-26(20-22-28(32)36-31(4,5)6)29(34-24-17-14-11-8-2)30(27)35-25-18-15-12-9-3/h19-22H,7-18,23-25H2,1-6H3. The van der Waals surface area contributed by atoms with E-state index in [1.807, 2.05) is 32.9 Å². The first-order valence-corrected chi connectivity index (χ1v) is 14.3. The summed E-state index contributed by atoms with van der Waals surface area (Å²) in [7, 11) is 0. The molecule has 0 saturated carbocycles. The molecule has 1 aromatic carbocycles. The summed E-state index contributed by atoms with van der Waals surface area (Å²) in [5, 5.41) is 0. The third-order valence-electron chi connectivity index (χ3n) is 5.66. The first-order valence-electron chi connectivity index (χ1n) is 14.3. The SMILES string of the molecule is CCCCCCOc1ccc(C=CC(=O)OC(C)(C)C)c(OCCCCCC)c1OCCCCCC. The Balaban J connectivity index is 3.16. The van der Waals surface area contributed by atoms with E-state index in [9.17, 15) is 4.79 Å². The van der Waals surface area contributed by atoms with Crippen molar-refractivity contribution in [1.82, 2.24) is 0 Å². The van der Waals surface area contributed by atoms with E-state index in [1.165, 1.54) is 44.6 Å². The van der Waals surface area contributed by atoms with Crippen LogP contribution in [0.25, 0.3) is 6.08 Å². The van der Waals surface area contributed by atoms with Gasteiger partial charge in [0.1, 0.15) is 5.60 Å². The molecule has 206 valence electrons. The van der Waals surface area contributed by atoms with Gasteiger partial charge in [-0.05, 0) is 58.2 Å². The van der Waals surface area contributed by atoms with Gasteiger partial charge in [0, 0.05) is 11.6 Å². The normalized spacial score (nSPS) is 11.6. The lowest BCUT2D eigenvalue weighted by Crippen LogP contribution is -2.22. The molecule has 0 N–H and O–H groups in total. The zero-order valence-electron chi connectivity index (χ0n) is 24.0. The second-order valence-electron chi connectivity index (χ2n) is 10.4. The van der Waals surface area contributed by atoms with Crippen molar-refractivity contribution in [1.29, 1.82) is 0 Å². The fourth-order valence-electron chi connectivity index (χ4n) is 3.70. The molecule has 0 aliphatic rings. The topological polar surface area (TPSA) is 54.0 Å². The first-order chi connectivity index (χ1) is 17.3. The molecule has 5 heteroatoms. The summed E-state index contributed by atoms with van der Waals surface area (Å²) in [6.07, 6.45) is 16.8. The lowest BCUT2D eigenvalue weighted by Gasteiger charge is -2.20. The molecule has 0 fully saturated rings. The summed E-state index contributed by atoms with van der Waals surface area (Å²) in [5.41, 5.74) is 0.251. The number of rotatable bonds is 20. The minimum atomic E-state index is -0.539. The van der Waals surface area contributed by atoms with Crippen LogP contribution in [0.5, 0.6) is 17.2 Å². The van der Waals surface area contributed by atoms with E-state index in [4.69, 9.17) is 18.9 Å². The van der Waals surface area contributed by atoms with Crippen molar-refractivity contribution in [2.75, 3.05) is 19.8 Å². The van der Waals surface area contributed by atoms with Gasteiger partial charge in [-0.25, -0.2) is 4.79 Å². The van der Waals surface area contributed by atoms with Crippen LogP contribution in [-0.2, 0) is 9.53 Å². The maximum Gasteiger partial charge on any atom is 0.331 e. The maximum atomic E-state index is 12.3. The summed E-state index contributed by atoms with van der Waals surface area (Å²) in [6.45, 7) is 14.1. The van der Waals surface area contributed by atoms with Gasteiger partial charge in [0.05, 0.1) is 19.8 Å². The van der Waals surface area contributed by atoms with Gasteiger partial charge in [-0.3, -0.25) is 0 Å². The third-order valence-corrected chi connectivity index (χ3v) is 5.66. The summed E-state index contributed by atoms with van der Waals surface area (Å²) >= 11 is 0. The van der Waals surface area contributed by atoms with E-state index in [-0.39, 0.29) is 5.97 Å². The monoisotopic (exact) mass is 504 g/mol. The van der Waals surface area contributed by atoms with Crippen LogP contribution in [-0.4, -0.2) is 31.4 Å². The van der Waals surface area contributed by atoms with Crippen molar-refractivity contribution in [2.24, 2.45) is 0 Å². The van der Waals surface area contributed by atoms with Crippen molar-refractivity contribution >= 4 is 12.0 Å². The quantitative estimate of drug-likeness (QED) is 0.101. The van der Waals surface area contributed by atoms with E-state index >= 15 is 0 Å². The van der Waals surface area contributed by atoms with E-state index in [2.05, 4.69) is 20.8 Å². The second kappa shape index (κ2) is 19.0. The van der Waals surface area contributed by atoms with Crippen molar-refractivity contribution in [3.63, 3.8) is 0 Å². The molecule has 0 heterocycles. The van der Waals surface area contributed by atoms with Crippen molar-refractivity contribution in [3.05, 3.63) is 23.8 Å². The highest BCUT2D eigenvalue weighted by Gasteiger charge is 2.18. The molecule has 0 bridgehead atoms. The smallest absolute Gasteiger partial charge is 0.331 e. The zero-order chi connectivity index (χ0) is 26.7. The minimum Gasteiger partial charge on any atom is -0.490 e. The summed E-state index contributed by atoms with van der Waals surface area (Å²) < 4.78 is 24.2. The number of carbonyl (C=O) groups excluding carboxylic acids is 1. The fourth-order valence-corrected chi connectivity index (χ4v) is 3.70. The Labute approximate surface area is 220 Å². The first kappa shape index (κ1) is 31.9. The van der Waals surface area contributed by atoms with E-state index in [0.717, 1.165) is 44.1 Å². The summed E-state index contributed by atoms with van der Waals surface area (Å²) in [5.74, 6) is 1.62. The fraction of sp³-hybridized carbons (Fsp3) is 0.710. The number of ether oxygens (including phenoxy) is 4. The van der Waals surface area contributed by atoms with Gasteiger partial charge < -0.3 is 18.9 Å². The van der Waals surface area contributed by atoms with Crippen LogP contribution in [0.15, 0.2) is 18.2 Å². The average molecular weight is 505 g/mol. The number of benzene rings is 1. The molecule has 1 rings (SSSR count). The molecule has 1 aromatic rings. The highest BCUT2D eigenvalue weighted by Crippen LogP contribution is 2.41. The number of esters is 1. The Morgan fingerprint density at radius 3 is 1.69 bits per heavy atom. The van der Waals surface area contributed by atoms with Gasteiger partial charge in [-0.15, -0.1) is 0 Å². The minimum absolute atomic E-state index is 0.380. The average Bonchev–Trinajstić information content (AvgIpc) is 2.82. The molecular formula is C31H52O5. The van der Waals surface area contributed by atoms with Gasteiger partial charge in [-0.1, -0.05) is 78.6 Å². The van der Waals surface area contributed by atoms with Crippen LogP contribution in [0.2, 0.25) is 0 Å². The molecule has 0 spiro atoms. The number of carbonyl (C=O) groups is 1. The van der Waals surface area contributed by atoms with E-state index < -0.39 is 5.60 Å². The lowest BCUT2D eigenvalue weighted by atomic mass is 10.1. The molecule has 0 saturated heterocycles. The molecule has 0 aromatic heterocycles. The van der Waals surface area contributed by atoms with E-state index in [0.29, 0.717) is 37.1 Å². The Hall–Kier alpha value is -2.17. The highest BCUT2D eigenvalue weighted by atomic mass is 16.6. The lowest BCUT2D eigenvalue weighted by molar-refractivity contribution is -0.148. The predicted octanol–water partition coefficient (Wildman–Crippen LogP) is 8.92. The maximum absolute atomic E-state index is 12.3. The zero-order valence-corrected chi connectivity index (χ0v) is 24.0. The van der Waals surface area contributed by atoms with Crippen LogP contribution in [0, 0.1) is 0 Å². The number of hydrogen-bond acceptors (Lipinski definition) is 5. The van der Waals surface area contributed by atoms with Crippen LogP contribution in [0.1, 0.15) is 124 Å². The van der Waals surface area contributed by atoms with Gasteiger partial charge in [0.2, 0.25) is 5.75 Å². The van der Waals surface area contributed by atoms with Crippen LogP contribution >= 0.6 is 0 Å². The molecule has 0 radical (unpaired) electrons. The van der Waals surface area contributed by atoms with Crippen molar-refractivity contribution < 1.29 is 23.7 Å². The molecule has 0 atom stereocenters. The summed E-state index contributed by atoms with van der Waals surface area (Å²) in [4.78, 5) is 12.3. The molecule has 5 nitrogen and oxygen atoms in total. The van der Waals surface area contributed by atoms with Gasteiger partial charge >= 0.3 is 5.97 Å². The Kier molecular flexibility index (Phi) is 16.8. The van der Waals surface area contributed by atoms with Gasteiger partial charge in [0.25, 0.3) is 0 Å². The highest BCUT2D eigenvalue weighted by molar-refractivity contribution is 5.88. The molecule has 0 amide bonds. The summed E-state index contributed by atoms with van der Waals surface area (Å²) in [6, 6.07) is 3.87. The predicted molar refractivity (Wildman–Crippen MR) is 150 cm³/mol. The Morgan fingerprint density at radius 2 is 1.19 bits per heavy atom. The molecule has 0 aliphatic carbocycles. The molecular weight excluding hydrogens is 452 g/mol. The molecule has 36 heavy (non-hydrogen) atoms. The third kappa shape index (κ3) is 14.4. The Bertz CT molecular complexity index is 748. The number of hydrogen-bond donors (Lipinski definition) is 0. The van der Waals surface area contributed by atoms with Gasteiger partial charge in [-0.2, -0.15) is 0 Å². The van der Waals surface area contributed by atoms with Crippen molar-refractivity contribution in [3.8, 4) is 17.2 Å². The van der Waals surface area contributed by atoms with Gasteiger partial charge in [0.15, 0.2) is 11.5 Å². The number of unbranched alkanes of at least 4 members (excludes halogenated alkanes) is 9.